The normalized spacial score (nSPS) is 15.0. The third-order valence-electron chi connectivity index (χ3n) is 5.75. The van der Waals surface area contributed by atoms with Crippen molar-refractivity contribution in [2.75, 3.05) is 52.3 Å². The fourth-order valence-corrected chi connectivity index (χ4v) is 3.40. The van der Waals surface area contributed by atoms with Crippen LogP contribution in [0.2, 0.25) is 0 Å². The van der Waals surface area contributed by atoms with Gasteiger partial charge in [-0.3, -0.25) is 4.79 Å². The van der Waals surface area contributed by atoms with Crippen LogP contribution in [0.3, 0.4) is 0 Å². The summed E-state index contributed by atoms with van der Waals surface area (Å²) in [5, 5.41) is 2.77. The van der Waals surface area contributed by atoms with E-state index in [-0.39, 0.29) is 11.6 Å². The summed E-state index contributed by atoms with van der Waals surface area (Å²) in [6, 6.07) is 0. The zero-order valence-electron chi connectivity index (χ0n) is 22.8. The molecule has 0 bridgehead atoms. The molecule has 0 atom stereocenters. The van der Waals surface area contributed by atoms with E-state index in [0.717, 1.165) is 25.1 Å². The molecule has 0 unspecified atom stereocenters. The van der Waals surface area contributed by atoms with Gasteiger partial charge in [0.2, 0.25) is 5.95 Å². The summed E-state index contributed by atoms with van der Waals surface area (Å²) >= 11 is 0. The summed E-state index contributed by atoms with van der Waals surface area (Å²) in [5.74, 6) is 0.649. The fraction of sp³-hybridized carbons (Fsp3) is 0.462. The SMILES string of the molecule is CC\C=C(/C=C\C=C\OC(F)(F)CF)C(=O)N1CCN(C)CC1.CNc1ncc(F)c(-c2cnc(C)n2C)n1. The van der Waals surface area contributed by atoms with Crippen LogP contribution < -0.4 is 5.32 Å². The van der Waals surface area contributed by atoms with Crippen molar-refractivity contribution in [1.29, 1.82) is 0 Å². The monoisotopic (exact) mass is 553 g/mol. The van der Waals surface area contributed by atoms with Gasteiger partial charge in [0, 0.05) is 45.8 Å². The number of halogens is 4. The van der Waals surface area contributed by atoms with Crippen LogP contribution in [0.25, 0.3) is 11.4 Å². The number of aryl methyl sites for hydroxylation is 1. The highest BCUT2D eigenvalue weighted by Crippen LogP contribution is 2.21. The minimum atomic E-state index is -3.82. The molecule has 9 nitrogen and oxygen atoms in total. The number of ether oxygens (including phenoxy) is 1. The van der Waals surface area contributed by atoms with Gasteiger partial charge in [0.15, 0.2) is 12.5 Å². The predicted octanol–water partition coefficient (Wildman–Crippen LogP) is 4.11. The first-order chi connectivity index (χ1) is 18.5. The first kappa shape index (κ1) is 31.5. The number of anilines is 1. The maximum Gasteiger partial charge on any atom is 0.426 e. The minimum absolute atomic E-state index is 0.0837. The molecule has 0 aromatic carbocycles. The van der Waals surface area contributed by atoms with E-state index in [1.54, 1.807) is 28.8 Å². The fourth-order valence-electron chi connectivity index (χ4n) is 3.40. The number of hydrogen-bond acceptors (Lipinski definition) is 7. The van der Waals surface area contributed by atoms with Crippen molar-refractivity contribution < 1.29 is 27.1 Å². The van der Waals surface area contributed by atoms with E-state index < -0.39 is 18.6 Å². The molecule has 0 aliphatic carbocycles. The van der Waals surface area contributed by atoms with Gasteiger partial charge in [-0.05, 0) is 32.5 Å². The Morgan fingerprint density at radius 2 is 1.85 bits per heavy atom. The van der Waals surface area contributed by atoms with Crippen molar-refractivity contribution in [2.45, 2.75) is 26.4 Å². The van der Waals surface area contributed by atoms with Crippen LogP contribution in [0, 0.1) is 12.7 Å². The number of nitrogens with one attached hydrogen (secondary N) is 1. The van der Waals surface area contributed by atoms with Crippen molar-refractivity contribution in [3.05, 3.63) is 60.2 Å². The highest BCUT2D eigenvalue weighted by atomic mass is 19.3. The van der Waals surface area contributed by atoms with Crippen LogP contribution in [0.4, 0.5) is 23.5 Å². The molecule has 0 radical (unpaired) electrons. The molecule has 0 spiro atoms. The van der Waals surface area contributed by atoms with Crippen LogP contribution in [-0.2, 0) is 16.6 Å². The Kier molecular flexibility index (Phi) is 12.1. The van der Waals surface area contributed by atoms with Crippen molar-refractivity contribution in [2.24, 2.45) is 7.05 Å². The van der Waals surface area contributed by atoms with Crippen molar-refractivity contribution in [3.63, 3.8) is 0 Å². The van der Waals surface area contributed by atoms with E-state index in [1.807, 2.05) is 27.9 Å². The Morgan fingerprint density at radius 1 is 1.15 bits per heavy atom. The van der Waals surface area contributed by atoms with E-state index in [9.17, 15) is 22.4 Å². The number of aromatic nitrogens is 4. The van der Waals surface area contributed by atoms with Gasteiger partial charge in [-0.15, -0.1) is 0 Å². The highest BCUT2D eigenvalue weighted by Gasteiger charge is 2.29. The number of amides is 1. The standard InChI is InChI=1S/C16H23F3N2O2.C10H12FN5/c1-3-6-14(7-4-5-12-23-16(18,19)13-17)15(22)21-10-8-20(2)9-11-21;1-6-13-5-8(16(6)3)9-7(11)4-14-10(12-2)15-9/h4-7,12H,3,8-11,13H2,1-2H3;4-5H,1-3H3,(H,12,14,15)/b7-4-,12-5+,14-6+;. The third-order valence-corrected chi connectivity index (χ3v) is 5.75. The molecule has 1 amide bonds. The second kappa shape index (κ2) is 15.0. The number of carbonyl (C=O) groups is 1. The number of rotatable bonds is 9. The Hall–Kier alpha value is -3.74. The largest absolute Gasteiger partial charge is 0.439 e. The number of hydrogen-bond donors (Lipinski definition) is 1. The molecule has 214 valence electrons. The van der Waals surface area contributed by atoms with Crippen molar-refractivity contribution >= 4 is 11.9 Å². The Morgan fingerprint density at radius 3 is 2.41 bits per heavy atom. The van der Waals surface area contributed by atoms with Gasteiger partial charge < -0.3 is 24.4 Å². The zero-order chi connectivity index (χ0) is 29.0. The van der Waals surface area contributed by atoms with Gasteiger partial charge in [0.1, 0.15) is 11.5 Å². The average molecular weight is 554 g/mol. The molecule has 3 heterocycles. The molecule has 39 heavy (non-hydrogen) atoms. The number of alkyl halides is 3. The number of allylic oxidation sites excluding steroid dienone is 3. The molecular formula is C26H35F4N7O2. The third kappa shape index (κ3) is 9.50. The highest BCUT2D eigenvalue weighted by molar-refractivity contribution is 5.96. The molecule has 1 aliphatic heterocycles. The summed E-state index contributed by atoms with van der Waals surface area (Å²) in [7, 11) is 5.51. The molecule has 0 saturated carbocycles. The van der Waals surface area contributed by atoms with Gasteiger partial charge in [-0.1, -0.05) is 19.1 Å². The summed E-state index contributed by atoms with van der Waals surface area (Å²) < 4.78 is 56.2. The summed E-state index contributed by atoms with van der Waals surface area (Å²) in [4.78, 5) is 28.3. The van der Waals surface area contributed by atoms with Crippen molar-refractivity contribution in [3.8, 4) is 11.4 Å². The van der Waals surface area contributed by atoms with Crippen LogP contribution in [-0.4, -0.2) is 88.3 Å². The minimum Gasteiger partial charge on any atom is -0.439 e. The average Bonchev–Trinajstić information content (AvgIpc) is 3.26. The number of likely N-dealkylation sites (N-methyl/N-ethyl adjacent to an activating group) is 1. The second-order valence-electron chi connectivity index (χ2n) is 8.63. The van der Waals surface area contributed by atoms with Crippen LogP contribution in [0.5, 0.6) is 0 Å². The van der Waals surface area contributed by atoms with Crippen LogP contribution >= 0.6 is 0 Å². The van der Waals surface area contributed by atoms with Crippen molar-refractivity contribution in [1.82, 2.24) is 29.3 Å². The van der Waals surface area contributed by atoms with Gasteiger partial charge in [0.05, 0.1) is 24.3 Å². The van der Waals surface area contributed by atoms with E-state index in [0.29, 0.717) is 43.0 Å². The first-order valence-corrected chi connectivity index (χ1v) is 12.3. The maximum absolute atomic E-state index is 13.6. The summed E-state index contributed by atoms with van der Waals surface area (Å²) in [6.07, 6.45) is 6.26. The molecular weight excluding hydrogens is 518 g/mol. The molecule has 1 N–H and O–H groups in total. The number of carbonyl (C=O) groups excluding carboxylic acids is 1. The number of piperazine rings is 1. The first-order valence-electron chi connectivity index (χ1n) is 12.3. The zero-order valence-corrected chi connectivity index (χ0v) is 22.8. The lowest BCUT2D eigenvalue weighted by Crippen LogP contribution is -2.47. The van der Waals surface area contributed by atoms with E-state index >= 15 is 0 Å². The quantitative estimate of drug-likeness (QED) is 0.216. The molecule has 2 aromatic rings. The molecule has 1 saturated heterocycles. The van der Waals surface area contributed by atoms with Gasteiger partial charge in [-0.2, -0.15) is 8.78 Å². The smallest absolute Gasteiger partial charge is 0.426 e. The van der Waals surface area contributed by atoms with Gasteiger partial charge >= 0.3 is 6.11 Å². The summed E-state index contributed by atoms with van der Waals surface area (Å²) in [5.41, 5.74) is 1.38. The Balaban J connectivity index is 0.000000290. The van der Waals surface area contributed by atoms with Crippen LogP contribution in [0.1, 0.15) is 19.2 Å². The molecule has 1 aliphatic rings. The molecule has 3 rings (SSSR count). The lowest BCUT2D eigenvalue weighted by molar-refractivity contribution is -0.213. The molecule has 13 heteroatoms. The van der Waals surface area contributed by atoms with E-state index in [2.05, 4.69) is 29.9 Å². The second-order valence-corrected chi connectivity index (χ2v) is 8.63. The van der Waals surface area contributed by atoms with E-state index in [4.69, 9.17) is 0 Å². The number of imidazole rings is 1. The van der Waals surface area contributed by atoms with E-state index in [1.165, 1.54) is 18.2 Å². The van der Waals surface area contributed by atoms with Gasteiger partial charge in [-0.25, -0.2) is 23.7 Å². The maximum atomic E-state index is 13.6. The molecule has 2 aromatic heterocycles. The van der Waals surface area contributed by atoms with Gasteiger partial charge in [0.25, 0.3) is 5.91 Å². The number of nitrogens with zero attached hydrogens (tertiary/aromatic N) is 6. The van der Waals surface area contributed by atoms with Crippen LogP contribution in [0.15, 0.2) is 48.5 Å². The topological polar surface area (TPSA) is 88.4 Å². The predicted molar refractivity (Wildman–Crippen MR) is 141 cm³/mol. The lowest BCUT2D eigenvalue weighted by atomic mass is 10.1. The Bertz CT molecular complexity index is 1170. The summed E-state index contributed by atoms with van der Waals surface area (Å²) in [6.45, 7) is 4.83. The lowest BCUT2D eigenvalue weighted by Gasteiger charge is -2.32. The molecule has 1 fully saturated rings. The Labute approximate surface area is 225 Å².